The van der Waals surface area contributed by atoms with E-state index in [4.69, 9.17) is 4.74 Å². The number of aryl methyl sites for hydroxylation is 2. The predicted octanol–water partition coefficient (Wildman–Crippen LogP) is 2.87. The third-order valence-corrected chi connectivity index (χ3v) is 4.91. The molecule has 25 heavy (non-hydrogen) atoms. The van der Waals surface area contributed by atoms with Gasteiger partial charge >= 0.3 is 0 Å². The first-order valence-corrected chi connectivity index (χ1v) is 9.15. The number of nitrogens with one attached hydrogen (secondary N) is 2. The SMILES string of the molecule is Cc1[nH]c2ccc(C(=O)NCC3CN(CC(C)C)CCO3)cc2c1C. The number of aromatic nitrogens is 1. The van der Waals surface area contributed by atoms with Crippen LogP contribution >= 0.6 is 0 Å². The molecule has 0 saturated carbocycles. The van der Waals surface area contributed by atoms with Crippen LogP contribution in [0.1, 0.15) is 35.5 Å². The number of rotatable bonds is 5. The maximum Gasteiger partial charge on any atom is 0.251 e. The number of benzene rings is 1. The van der Waals surface area contributed by atoms with E-state index in [-0.39, 0.29) is 12.0 Å². The van der Waals surface area contributed by atoms with Crippen LogP contribution < -0.4 is 5.32 Å². The summed E-state index contributed by atoms with van der Waals surface area (Å²) >= 11 is 0. The van der Waals surface area contributed by atoms with Crippen LogP contribution in [0.25, 0.3) is 10.9 Å². The molecule has 2 heterocycles. The molecule has 3 rings (SSSR count). The van der Waals surface area contributed by atoms with E-state index in [1.54, 1.807) is 0 Å². The van der Waals surface area contributed by atoms with Gasteiger partial charge in [-0.2, -0.15) is 0 Å². The molecular weight excluding hydrogens is 314 g/mol. The number of H-pyrrole nitrogens is 1. The fraction of sp³-hybridized carbons (Fsp3) is 0.550. The lowest BCUT2D eigenvalue weighted by molar-refractivity contribution is -0.0295. The summed E-state index contributed by atoms with van der Waals surface area (Å²) in [5, 5.41) is 4.15. The second-order valence-electron chi connectivity index (χ2n) is 7.49. The molecule has 1 aliphatic heterocycles. The van der Waals surface area contributed by atoms with Crippen molar-refractivity contribution in [1.82, 2.24) is 15.2 Å². The van der Waals surface area contributed by atoms with Gasteiger partial charge in [0.2, 0.25) is 0 Å². The summed E-state index contributed by atoms with van der Waals surface area (Å²) in [4.78, 5) is 18.3. The van der Waals surface area contributed by atoms with Crippen molar-refractivity contribution in [2.24, 2.45) is 5.92 Å². The van der Waals surface area contributed by atoms with Crippen molar-refractivity contribution in [1.29, 1.82) is 0 Å². The smallest absolute Gasteiger partial charge is 0.251 e. The van der Waals surface area contributed by atoms with Gasteiger partial charge in [0.15, 0.2) is 0 Å². The molecule has 5 nitrogen and oxygen atoms in total. The van der Waals surface area contributed by atoms with Crippen molar-refractivity contribution < 1.29 is 9.53 Å². The van der Waals surface area contributed by atoms with E-state index in [0.717, 1.165) is 42.8 Å². The van der Waals surface area contributed by atoms with Crippen molar-refractivity contribution in [2.75, 3.05) is 32.8 Å². The minimum atomic E-state index is -0.0373. The zero-order chi connectivity index (χ0) is 18.0. The van der Waals surface area contributed by atoms with Crippen LogP contribution in [0.15, 0.2) is 18.2 Å². The quantitative estimate of drug-likeness (QED) is 0.878. The summed E-state index contributed by atoms with van der Waals surface area (Å²) in [6.07, 6.45) is 0.0661. The molecule has 1 aliphatic rings. The van der Waals surface area contributed by atoms with Gasteiger partial charge in [0.05, 0.1) is 12.7 Å². The van der Waals surface area contributed by atoms with E-state index in [1.165, 1.54) is 5.56 Å². The molecule has 2 N–H and O–H groups in total. The fourth-order valence-corrected chi connectivity index (χ4v) is 3.50. The molecule has 1 saturated heterocycles. The van der Waals surface area contributed by atoms with Crippen LogP contribution in [0.4, 0.5) is 0 Å². The lowest BCUT2D eigenvalue weighted by Gasteiger charge is -2.33. The first kappa shape index (κ1) is 18.0. The summed E-state index contributed by atoms with van der Waals surface area (Å²) in [6.45, 7) is 12.8. The van der Waals surface area contributed by atoms with Gasteiger partial charge in [-0.25, -0.2) is 0 Å². The maximum atomic E-state index is 12.5. The average Bonchev–Trinajstić information content (AvgIpc) is 2.86. The molecule has 1 unspecified atom stereocenters. The van der Waals surface area contributed by atoms with Crippen LogP contribution in [-0.4, -0.2) is 54.7 Å². The number of ether oxygens (including phenoxy) is 1. The minimum absolute atomic E-state index is 0.0373. The van der Waals surface area contributed by atoms with Gasteiger partial charge in [-0.3, -0.25) is 9.69 Å². The average molecular weight is 343 g/mol. The highest BCUT2D eigenvalue weighted by Gasteiger charge is 2.21. The Labute approximate surface area is 149 Å². The Morgan fingerprint density at radius 1 is 1.40 bits per heavy atom. The monoisotopic (exact) mass is 343 g/mol. The summed E-state index contributed by atoms with van der Waals surface area (Å²) in [5.41, 5.74) is 4.12. The Morgan fingerprint density at radius 3 is 2.96 bits per heavy atom. The number of aromatic amines is 1. The molecule has 1 aromatic carbocycles. The van der Waals surface area contributed by atoms with Crippen molar-refractivity contribution >= 4 is 16.8 Å². The standard InChI is InChI=1S/C20H29N3O2/c1-13(2)11-23-7-8-25-17(12-23)10-21-20(24)16-5-6-19-18(9-16)14(3)15(4)22-19/h5-6,9,13,17,22H,7-8,10-12H2,1-4H3,(H,21,24). The number of hydrogen-bond donors (Lipinski definition) is 2. The Bertz CT molecular complexity index is 751. The molecule has 0 spiro atoms. The van der Waals surface area contributed by atoms with E-state index in [9.17, 15) is 4.79 Å². The number of carbonyl (C=O) groups excluding carboxylic acids is 1. The number of fused-ring (bicyclic) bond motifs is 1. The van der Waals surface area contributed by atoms with Crippen LogP contribution in [0.2, 0.25) is 0 Å². The minimum Gasteiger partial charge on any atom is -0.374 e. The van der Waals surface area contributed by atoms with Gasteiger partial charge in [0, 0.05) is 48.3 Å². The molecule has 2 aromatic rings. The van der Waals surface area contributed by atoms with Crippen molar-refractivity contribution in [2.45, 2.75) is 33.8 Å². The molecule has 1 atom stereocenters. The topological polar surface area (TPSA) is 57.4 Å². The van der Waals surface area contributed by atoms with E-state index in [1.807, 2.05) is 18.2 Å². The lowest BCUT2D eigenvalue weighted by Crippen LogP contribution is -2.48. The number of nitrogens with zero attached hydrogens (tertiary/aromatic N) is 1. The number of morpholine rings is 1. The summed E-state index contributed by atoms with van der Waals surface area (Å²) in [7, 11) is 0. The highest BCUT2D eigenvalue weighted by atomic mass is 16.5. The second-order valence-corrected chi connectivity index (χ2v) is 7.49. The Kier molecular flexibility index (Phi) is 5.45. The Hall–Kier alpha value is -1.85. The van der Waals surface area contributed by atoms with Crippen LogP contribution in [0, 0.1) is 19.8 Å². The van der Waals surface area contributed by atoms with E-state index >= 15 is 0 Å². The van der Waals surface area contributed by atoms with E-state index < -0.39 is 0 Å². The van der Waals surface area contributed by atoms with Crippen LogP contribution in [0.3, 0.4) is 0 Å². The molecule has 0 bridgehead atoms. The van der Waals surface area contributed by atoms with Crippen LogP contribution in [0.5, 0.6) is 0 Å². The normalized spacial score (nSPS) is 18.8. The first-order chi connectivity index (χ1) is 11.9. The predicted molar refractivity (Wildman–Crippen MR) is 101 cm³/mol. The summed E-state index contributed by atoms with van der Waals surface area (Å²) < 4.78 is 5.81. The van der Waals surface area contributed by atoms with E-state index in [0.29, 0.717) is 18.0 Å². The number of hydrogen-bond acceptors (Lipinski definition) is 3. The van der Waals surface area contributed by atoms with Crippen molar-refractivity contribution in [3.63, 3.8) is 0 Å². The summed E-state index contributed by atoms with van der Waals surface area (Å²) in [5.74, 6) is 0.609. The molecule has 0 aliphatic carbocycles. The zero-order valence-electron chi connectivity index (χ0n) is 15.7. The summed E-state index contributed by atoms with van der Waals surface area (Å²) in [6, 6.07) is 5.82. The van der Waals surface area contributed by atoms with Gasteiger partial charge in [0.1, 0.15) is 0 Å². The van der Waals surface area contributed by atoms with Gasteiger partial charge in [-0.15, -0.1) is 0 Å². The molecule has 1 fully saturated rings. The molecule has 5 heteroatoms. The van der Waals surface area contributed by atoms with Gasteiger partial charge in [0.25, 0.3) is 5.91 Å². The Balaban J connectivity index is 1.60. The lowest BCUT2D eigenvalue weighted by atomic mass is 10.1. The number of carbonyl (C=O) groups is 1. The first-order valence-electron chi connectivity index (χ1n) is 9.15. The molecule has 1 amide bonds. The molecule has 136 valence electrons. The fourth-order valence-electron chi connectivity index (χ4n) is 3.50. The largest absolute Gasteiger partial charge is 0.374 e. The van der Waals surface area contributed by atoms with Crippen molar-refractivity contribution in [3.05, 3.63) is 35.0 Å². The van der Waals surface area contributed by atoms with Gasteiger partial charge in [-0.05, 0) is 43.5 Å². The second kappa shape index (κ2) is 7.58. The van der Waals surface area contributed by atoms with E-state index in [2.05, 4.69) is 42.9 Å². The molecule has 0 radical (unpaired) electrons. The van der Waals surface area contributed by atoms with Gasteiger partial charge < -0.3 is 15.0 Å². The van der Waals surface area contributed by atoms with Crippen molar-refractivity contribution in [3.8, 4) is 0 Å². The molecule has 1 aromatic heterocycles. The highest BCUT2D eigenvalue weighted by Crippen LogP contribution is 2.22. The van der Waals surface area contributed by atoms with Gasteiger partial charge in [-0.1, -0.05) is 13.8 Å². The third-order valence-electron chi connectivity index (χ3n) is 4.91. The highest BCUT2D eigenvalue weighted by molar-refractivity contribution is 5.99. The molecular formula is C20H29N3O2. The third kappa shape index (κ3) is 4.22. The van der Waals surface area contributed by atoms with Crippen LogP contribution in [-0.2, 0) is 4.74 Å². The Morgan fingerprint density at radius 2 is 2.20 bits per heavy atom. The zero-order valence-corrected chi connectivity index (χ0v) is 15.7. The number of amides is 1. The maximum absolute atomic E-state index is 12.5.